The number of esters is 1. The Kier molecular flexibility index (Phi) is 8.15. The summed E-state index contributed by atoms with van der Waals surface area (Å²) < 4.78 is 10.2. The van der Waals surface area contributed by atoms with E-state index in [1.54, 1.807) is 31.1 Å². The minimum absolute atomic E-state index is 0.110. The number of ether oxygens (including phenoxy) is 2. The molecule has 0 unspecified atom stereocenters. The third kappa shape index (κ3) is 5.59. The van der Waals surface area contributed by atoms with Crippen molar-refractivity contribution in [2.75, 3.05) is 53.0 Å². The van der Waals surface area contributed by atoms with Crippen molar-refractivity contribution in [2.24, 2.45) is 0 Å². The summed E-state index contributed by atoms with van der Waals surface area (Å²) >= 11 is 5.96. The first-order chi connectivity index (χ1) is 12.6. The van der Waals surface area contributed by atoms with Crippen molar-refractivity contribution in [1.29, 1.82) is 0 Å². The van der Waals surface area contributed by atoms with Crippen LogP contribution in [0.3, 0.4) is 0 Å². The Hall–Kier alpha value is -1.83. The van der Waals surface area contributed by atoms with Gasteiger partial charge in [-0.2, -0.15) is 0 Å². The molecule has 1 aromatic carbocycles. The number of benzene rings is 1. The van der Waals surface area contributed by atoms with Crippen LogP contribution in [0.15, 0.2) is 24.3 Å². The van der Waals surface area contributed by atoms with Crippen LogP contribution in [0.5, 0.6) is 0 Å². The molecule has 0 aromatic heterocycles. The summed E-state index contributed by atoms with van der Waals surface area (Å²) in [6.45, 7) is 5.33. The molecule has 1 atom stereocenters. The second kappa shape index (κ2) is 10.4. The zero-order valence-corrected chi connectivity index (χ0v) is 16.0. The number of carbonyl (C=O) groups excluding carboxylic acids is 2. The van der Waals surface area contributed by atoms with Crippen LogP contribution >= 0.6 is 11.6 Å². The highest BCUT2D eigenvalue weighted by atomic mass is 35.5. The normalized spacial score (nSPS) is 16.2. The van der Waals surface area contributed by atoms with Crippen molar-refractivity contribution >= 4 is 23.6 Å². The quantitative estimate of drug-likeness (QED) is 0.575. The molecule has 2 amide bonds. The zero-order chi connectivity index (χ0) is 18.9. The number of nitrogens with one attached hydrogen (secondary N) is 1. The van der Waals surface area contributed by atoms with Gasteiger partial charge in [-0.3, -0.25) is 4.90 Å². The number of carbonyl (C=O) groups is 2. The second-order valence-corrected chi connectivity index (χ2v) is 6.39. The molecule has 1 aliphatic rings. The van der Waals surface area contributed by atoms with Gasteiger partial charge in [0.15, 0.2) is 0 Å². The number of rotatable bonds is 7. The predicted molar refractivity (Wildman–Crippen MR) is 99.2 cm³/mol. The van der Waals surface area contributed by atoms with Crippen LogP contribution in [-0.2, 0) is 14.3 Å². The Balaban J connectivity index is 2.00. The molecule has 0 bridgehead atoms. The summed E-state index contributed by atoms with van der Waals surface area (Å²) in [5.74, 6) is -0.284. The molecule has 144 valence electrons. The lowest BCUT2D eigenvalue weighted by Crippen LogP contribution is -2.53. The first-order valence-corrected chi connectivity index (χ1v) is 9.12. The van der Waals surface area contributed by atoms with Crippen molar-refractivity contribution in [3.8, 4) is 0 Å². The number of amides is 2. The van der Waals surface area contributed by atoms with Gasteiger partial charge in [0.05, 0.1) is 13.2 Å². The van der Waals surface area contributed by atoms with Gasteiger partial charge < -0.3 is 19.7 Å². The highest BCUT2D eigenvalue weighted by Gasteiger charge is 2.32. The highest BCUT2D eigenvalue weighted by molar-refractivity contribution is 6.30. The predicted octanol–water partition coefficient (Wildman–Crippen LogP) is 1.92. The van der Waals surface area contributed by atoms with Gasteiger partial charge in [0.1, 0.15) is 6.04 Å². The number of nitrogens with zero attached hydrogens (tertiary/aromatic N) is 2. The molecule has 8 heteroatoms. The Morgan fingerprint density at radius 2 is 1.85 bits per heavy atom. The maximum Gasteiger partial charge on any atom is 0.328 e. The molecule has 2 rings (SSSR count). The minimum Gasteiger partial charge on any atom is -0.465 e. The fourth-order valence-electron chi connectivity index (χ4n) is 2.92. The van der Waals surface area contributed by atoms with Gasteiger partial charge in [-0.25, -0.2) is 9.59 Å². The van der Waals surface area contributed by atoms with Crippen molar-refractivity contribution < 1.29 is 19.1 Å². The second-order valence-electron chi connectivity index (χ2n) is 5.95. The van der Waals surface area contributed by atoms with E-state index in [1.807, 2.05) is 17.0 Å². The molecule has 1 fully saturated rings. The van der Waals surface area contributed by atoms with E-state index < -0.39 is 6.04 Å². The van der Waals surface area contributed by atoms with Gasteiger partial charge in [-0.1, -0.05) is 23.7 Å². The third-order valence-corrected chi connectivity index (χ3v) is 4.50. The summed E-state index contributed by atoms with van der Waals surface area (Å²) in [6, 6.07) is 6.61. The van der Waals surface area contributed by atoms with Crippen LogP contribution < -0.4 is 5.32 Å². The van der Waals surface area contributed by atoms with E-state index >= 15 is 0 Å². The van der Waals surface area contributed by atoms with E-state index in [0.29, 0.717) is 51.0 Å². The zero-order valence-electron chi connectivity index (χ0n) is 15.2. The molecule has 7 nitrogen and oxygen atoms in total. The number of hydrogen-bond acceptors (Lipinski definition) is 5. The van der Waals surface area contributed by atoms with E-state index in [1.165, 1.54) is 0 Å². The average Bonchev–Trinajstić information content (AvgIpc) is 2.64. The fraction of sp³-hybridized carbons (Fsp3) is 0.556. The van der Waals surface area contributed by atoms with E-state index in [0.717, 1.165) is 5.56 Å². The monoisotopic (exact) mass is 383 g/mol. The van der Waals surface area contributed by atoms with Crippen LogP contribution in [0.2, 0.25) is 5.02 Å². The molecule has 1 aromatic rings. The number of methoxy groups -OCH3 is 1. The topological polar surface area (TPSA) is 71.1 Å². The first kappa shape index (κ1) is 20.5. The molecule has 1 aliphatic heterocycles. The first-order valence-electron chi connectivity index (χ1n) is 8.74. The third-order valence-electron chi connectivity index (χ3n) is 4.24. The lowest BCUT2D eigenvalue weighted by Gasteiger charge is -2.38. The maximum absolute atomic E-state index is 12.5. The SMILES string of the molecule is CCOC(=O)[C@@H](c1ccc(Cl)cc1)N1CCN(C(=O)NCCOC)CC1. The van der Waals surface area contributed by atoms with E-state index in [4.69, 9.17) is 21.1 Å². The van der Waals surface area contributed by atoms with Gasteiger partial charge in [0.25, 0.3) is 0 Å². The summed E-state index contributed by atoms with van der Waals surface area (Å²) in [6.07, 6.45) is 0. The molecular formula is C18H26ClN3O4. The van der Waals surface area contributed by atoms with Gasteiger partial charge in [0, 0.05) is 44.9 Å². The summed E-state index contributed by atoms with van der Waals surface area (Å²) in [5, 5.41) is 3.43. The summed E-state index contributed by atoms with van der Waals surface area (Å²) in [5.41, 5.74) is 0.839. The van der Waals surface area contributed by atoms with E-state index in [9.17, 15) is 9.59 Å². The van der Waals surface area contributed by atoms with E-state index in [2.05, 4.69) is 5.32 Å². The molecule has 0 radical (unpaired) electrons. The fourth-order valence-corrected chi connectivity index (χ4v) is 3.04. The molecule has 26 heavy (non-hydrogen) atoms. The van der Waals surface area contributed by atoms with Crippen LogP contribution in [0.4, 0.5) is 4.79 Å². The Morgan fingerprint density at radius 1 is 1.19 bits per heavy atom. The Morgan fingerprint density at radius 3 is 2.42 bits per heavy atom. The maximum atomic E-state index is 12.5. The van der Waals surface area contributed by atoms with E-state index in [-0.39, 0.29) is 12.0 Å². The molecule has 0 aliphatic carbocycles. The van der Waals surface area contributed by atoms with Gasteiger partial charge in [0.2, 0.25) is 0 Å². The molecule has 1 heterocycles. The van der Waals surface area contributed by atoms with Gasteiger partial charge in [-0.05, 0) is 24.6 Å². The van der Waals surface area contributed by atoms with Gasteiger partial charge >= 0.3 is 12.0 Å². The lowest BCUT2D eigenvalue weighted by molar-refractivity contribution is -0.150. The molecule has 0 spiro atoms. The largest absolute Gasteiger partial charge is 0.465 e. The Labute approximate surface area is 159 Å². The van der Waals surface area contributed by atoms with Crippen LogP contribution in [0.1, 0.15) is 18.5 Å². The van der Waals surface area contributed by atoms with Crippen molar-refractivity contribution in [2.45, 2.75) is 13.0 Å². The van der Waals surface area contributed by atoms with Crippen molar-refractivity contribution in [1.82, 2.24) is 15.1 Å². The van der Waals surface area contributed by atoms with Gasteiger partial charge in [-0.15, -0.1) is 0 Å². The standard InChI is InChI=1S/C18H26ClN3O4/c1-3-26-17(23)16(14-4-6-15(19)7-5-14)21-9-11-22(12-10-21)18(24)20-8-13-25-2/h4-7,16H,3,8-13H2,1-2H3,(H,20,24)/t16-/m1/s1. The highest BCUT2D eigenvalue weighted by Crippen LogP contribution is 2.25. The molecule has 1 saturated heterocycles. The van der Waals surface area contributed by atoms with Crippen LogP contribution in [0, 0.1) is 0 Å². The van der Waals surface area contributed by atoms with Crippen LogP contribution in [0.25, 0.3) is 0 Å². The number of piperazine rings is 1. The summed E-state index contributed by atoms with van der Waals surface area (Å²) in [4.78, 5) is 28.4. The minimum atomic E-state index is -0.495. The number of hydrogen-bond donors (Lipinski definition) is 1. The molecule has 1 N–H and O–H groups in total. The average molecular weight is 384 g/mol. The molecule has 0 saturated carbocycles. The van der Waals surface area contributed by atoms with Crippen molar-refractivity contribution in [3.63, 3.8) is 0 Å². The summed E-state index contributed by atoms with van der Waals surface area (Å²) in [7, 11) is 1.59. The number of urea groups is 1. The molecular weight excluding hydrogens is 358 g/mol. The Bertz CT molecular complexity index is 589. The van der Waals surface area contributed by atoms with Crippen molar-refractivity contribution in [3.05, 3.63) is 34.9 Å². The smallest absolute Gasteiger partial charge is 0.328 e. The number of halogens is 1. The lowest BCUT2D eigenvalue weighted by atomic mass is 10.0. The van der Waals surface area contributed by atoms with Crippen LogP contribution in [-0.4, -0.2) is 74.8 Å².